The van der Waals surface area contributed by atoms with E-state index in [0.29, 0.717) is 34.0 Å². The van der Waals surface area contributed by atoms with E-state index < -0.39 is 28.5 Å². The van der Waals surface area contributed by atoms with Gasteiger partial charge in [-0.15, -0.1) is 0 Å². The highest BCUT2D eigenvalue weighted by molar-refractivity contribution is 9.11. The van der Waals surface area contributed by atoms with E-state index in [1.807, 2.05) is 203 Å². The number of rotatable bonds is 14. The minimum absolute atomic E-state index is 0.0235. The highest BCUT2D eigenvalue weighted by atomic mass is 79.9. The molecule has 0 bridgehead atoms. The van der Waals surface area contributed by atoms with Gasteiger partial charge in [-0.2, -0.15) is 20.4 Å². The molecule has 8 unspecified atom stereocenters. The molecule has 0 N–H and O–H groups in total. The number of hydrogen-bond donors (Lipinski definition) is 0. The van der Waals surface area contributed by atoms with Crippen LogP contribution < -0.4 is 37.9 Å². The summed E-state index contributed by atoms with van der Waals surface area (Å²) in [6, 6.07) is 84.7. The number of methoxy groups -OCH3 is 4. The smallest absolute Gasteiger partial charge is 0.269 e. The van der Waals surface area contributed by atoms with Crippen LogP contribution in [0.2, 0.25) is 10.0 Å². The summed E-state index contributed by atoms with van der Waals surface area (Å²) >= 11 is 23.3. The molecule has 0 saturated heterocycles. The topological polar surface area (TPSA) is 223 Å². The van der Waals surface area contributed by atoms with E-state index in [-0.39, 0.29) is 41.8 Å². The zero-order valence-electron chi connectivity index (χ0n) is 65.1. The highest BCUT2D eigenvalue weighted by Crippen LogP contribution is 2.54. The highest BCUT2D eigenvalue weighted by Gasteiger charge is 2.46. The summed E-state index contributed by atoms with van der Waals surface area (Å²) in [5, 5.41) is 51.6. The summed E-state index contributed by atoms with van der Waals surface area (Å²) in [5.74, 6) is 6.51. The van der Waals surface area contributed by atoms with Crippen LogP contribution in [0.15, 0.2) is 301 Å². The average Bonchev–Trinajstić information content (AvgIpc) is 1.60. The van der Waals surface area contributed by atoms with Gasteiger partial charge in [-0.3, -0.25) is 20.2 Å². The first-order valence-corrected chi connectivity index (χ1v) is 41.6. The number of hydrogen-bond acceptors (Lipinski definition) is 20. The fourth-order valence-corrected chi connectivity index (χ4v) is 17.4. The Kier molecular flexibility index (Phi) is 23.1. The Hall–Kier alpha value is -12.3. The number of halogens is 5. The molecule has 8 aliphatic rings. The van der Waals surface area contributed by atoms with Crippen LogP contribution in [0.1, 0.15) is 147 Å². The zero-order valence-corrected chi connectivity index (χ0v) is 71.4. The quantitative estimate of drug-likeness (QED) is 0.0729. The van der Waals surface area contributed by atoms with Crippen molar-refractivity contribution in [1.29, 1.82) is 0 Å². The van der Waals surface area contributed by atoms with Gasteiger partial charge in [0.2, 0.25) is 24.9 Å². The SMILES string of the molecule is COc1ccc(C2=NN3C(C2)c2cc(Br)ccc2OC3c2ccc(C)cc2)cc1.COc1ccc(C2=NN3C(C2)c2cc(Br)ccc2OC3c2cccc([N+](=O)[O-])c2)cc1.COc1ccc(C2=NN3C(C2)c2cc(OC)ccc2OC3c2ccccc2Cl)cc1.O=[N+]([O-])c1cccc(C2Oc3ccc(Br)cc3C3CC(c4ccc(Cl)cc4)=NN32)c1. The van der Waals surface area contributed by atoms with Crippen LogP contribution in [0.5, 0.6) is 46.0 Å². The van der Waals surface area contributed by atoms with Gasteiger partial charge in [0.05, 0.1) is 85.3 Å². The first kappa shape index (κ1) is 80.2. The molecule has 0 aliphatic carbocycles. The van der Waals surface area contributed by atoms with Crippen molar-refractivity contribution in [2.24, 2.45) is 20.4 Å². The molecule has 12 aromatic rings. The molecule has 0 fully saturated rings. The second-order valence-electron chi connectivity index (χ2n) is 29.2. The van der Waals surface area contributed by atoms with Crippen molar-refractivity contribution >= 4 is 105 Å². The Morgan fingerprint density at radius 2 is 0.675 bits per heavy atom. The van der Waals surface area contributed by atoms with Crippen molar-refractivity contribution in [2.75, 3.05) is 28.4 Å². The molecule has 8 heterocycles. The van der Waals surface area contributed by atoms with Crippen LogP contribution in [-0.4, -0.2) is 81.2 Å². The van der Waals surface area contributed by atoms with Crippen LogP contribution in [0, 0.1) is 27.2 Å². The van der Waals surface area contributed by atoms with Gasteiger partial charge in [-0.05, 0) is 193 Å². The molecule has 0 amide bonds. The molecule has 8 aliphatic heterocycles. The second kappa shape index (κ2) is 34.6. The van der Waals surface area contributed by atoms with Gasteiger partial charge in [0.1, 0.15) is 46.0 Å². The third-order valence-electron chi connectivity index (χ3n) is 22.0. The summed E-state index contributed by atoms with van der Waals surface area (Å²) in [4.78, 5) is 21.8. The van der Waals surface area contributed by atoms with Crippen molar-refractivity contribution in [3.05, 3.63) is 383 Å². The number of nitrogens with zero attached hydrogens (tertiary/aromatic N) is 10. The van der Waals surface area contributed by atoms with E-state index >= 15 is 0 Å². The molecule has 27 heteroatoms. The number of ether oxygens (including phenoxy) is 8. The maximum atomic E-state index is 11.3. The average molecular weight is 1840 g/mol. The van der Waals surface area contributed by atoms with E-state index in [1.165, 1.54) is 17.7 Å². The molecule has 0 aromatic heterocycles. The lowest BCUT2D eigenvalue weighted by Crippen LogP contribution is -2.33. The molecule has 0 spiro atoms. The van der Waals surface area contributed by atoms with Gasteiger partial charge in [-0.1, -0.05) is 155 Å². The maximum Gasteiger partial charge on any atom is 0.269 e. The normalized spacial score (nSPS) is 19.5. The maximum absolute atomic E-state index is 11.3. The van der Waals surface area contributed by atoms with Crippen molar-refractivity contribution in [2.45, 2.75) is 81.7 Å². The Morgan fingerprint density at radius 1 is 0.350 bits per heavy atom. The third-order valence-corrected chi connectivity index (χ3v) is 24.0. The van der Waals surface area contributed by atoms with E-state index in [1.54, 1.807) is 52.7 Å². The Bertz CT molecular complexity index is 6030. The molecule has 12 aromatic carbocycles. The van der Waals surface area contributed by atoms with E-state index in [4.69, 9.17) is 81.5 Å². The van der Waals surface area contributed by atoms with E-state index in [2.05, 4.69) is 102 Å². The number of hydrazone groups is 4. The molecule has 604 valence electrons. The van der Waals surface area contributed by atoms with Crippen LogP contribution >= 0.6 is 71.0 Å². The van der Waals surface area contributed by atoms with Crippen molar-refractivity contribution in [1.82, 2.24) is 20.0 Å². The summed E-state index contributed by atoms with van der Waals surface area (Å²) < 4.78 is 49.7. The van der Waals surface area contributed by atoms with Gasteiger partial charge in [0.15, 0.2) is 0 Å². The summed E-state index contributed by atoms with van der Waals surface area (Å²) in [7, 11) is 6.65. The van der Waals surface area contributed by atoms with Gasteiger partial charge >= 0.3 is 0 Å². The molecular formula is C93H75Br3Cl2N10O12. The summed E-state index contributed by atoms with van der Waals surface area (Å²) in [6.45, 7) is 2.09. The Morgan fingerprint density at radius 3 is 1.04 bits per heavy atom. The standard InChI is InChI=1S/C24H21BrN2O2.C24H21ClN2O3.C23H18BrN3O4.C22H15BrClN3O3/c1-15-3-5-17(6-4-15)24-27-22(20-13-18(25)9-12-23(20)29-24)14-21(26-27)16-7-10-19(28-2)11-8-16;1-28-16-9-7-15(8-10-16)21-14-22-19-13-17(29-2)11-12-23(19)30-24(27(22)26-21)18-5-3-4-6-20(18)25;1-30-18-8-5-14(6-9-18)20-13-21-19-12-16(24)7-10-22(19)31-23(26(21)25-20)15-3-2-4-17(11-15)27(28)29;23-15-6-9-21-18(11-15)20-12-19(13-4-7-16(24)8-5-13)25-26(20)22(30-21)14-2-1-3-17(10-14)27(28)29/h3-13,22,24H,14H2,1-2H3;3-13,22,24H,14H2,1-2H3;2-12,21,23H,13H2,1H3;1-11,20,22H,12H2. The zero-order chi connectivity index (χ0) is 83.0. The van der Waals surface area contributed by atoms with E-state index in [9.17, 15) is 20.2 Å². The van der Waals surface area contributed by atoms with Crippen LogP contribution in [0.25, 0.3) is 0 Å². The second-order valence-corrected chi connectivity index (χ2v) is 32.8. The fraction of sp³-hybridized carbons (Fsp3) is 0.183. The van der Waals surface area contributed by atoms with Crippen LogP contribution in [-0.2, 0) is 0 Å². The van der Waals surface area contributed by atoms with Crippen LogP contribution in [0.3, 0.4) is 0 Å². The largest absolute Gasteiger partial charge is 0.497 e. The number of fused-ring (bicyclic) bond motifs is 12. The number of aryl methyl sites for hydroxylation is 1. The Labute approximate surface area is 727 Å². The summed E-state index contributed by atoms with van der Waals surface area (Å²) in [6.07, 6.45) is 1.22. The predicted octanol–water partition coefficient (Wildman–Crippen LogP) is 23.5. The van der Waals surface area contributed by atoms with Gasteiger partial charge in [-0.25, -0.2) is 20.0 Å². The number of benzene rings is 12. The fourth-order valence-electron chi connectivity index (χ4n) is 15.9. The minimum atomic E-state index is -0.562. The molecule has 20 rings (SSSR count). The lowest BCUT2D eigenvalue weighted by atomic mass is 9.95. The van der Waals surface area contributed by atoms with Gasteiger partial charge in [0, 0.05) is 118 Å². The van der Waals surface area contributed by atoms with Crippen molar-refractivity contribution in [3.8, 4) is 46.0 Å². The first-order chi connectivity index (χ1) is 58.3. The minimum Gasteiger partial charge on any atom is -0.497 e. The molecule has 0 saturated carbocycles. The molecule has 0 radical (unpaired) electrons. The lowest BCUT2D eigenvalue weighted by Gasteiger charge is -2.38. The summed E-state index contributed by atoms with van der Waals surface area (Å²) in [5.41, 5.74) is 17.0. The predicted molar refractivity (Wildman–Crippen MR) is 471 cm³/mol. The number of nitro benzene ring substituents is 2. The van der Waals surface area contributed by atoms with Crippen molar-refractivity contribution in [3.63, 3.8) is 0 Å². The van der Waals surface area contributed by atoms with Gasteiger partial charge in [0.25, 0.3) is 11.4 Å². The lowest BCUT2D eigenvalue weighted by molar-refractivity contribution is -0.385. The number of nitro groups is 2. The first-order valence-electron chi connectivity index (χ1n) is 38.5. The monoisotopic (exact) mass is 1830 g/mol. The Balaban J connectivity index is 0.000000114. The van der Waals surface area contributed by atoms with E-state index in [0.717, 1.165) is 151 Å². The van der Waals surface area contributed by atoms with Gasteiger partial charge < -0.3 is 37.9 Å². The van der Waals surface area contributed by atoms with Crippen LogP contribution in [0.4, 0.5) is 11.4 Å². The molecule has 120 heavy (non-hydrogen) atoms. The molecule has 22 nitrogen and oxygen atoms in total. The molecule has 8 atom stereocenters. The molecular weight excluding hydrogens is 1760 g/mol. The number of non-ortho nitro benzene ring substituents is 2. The third kappa shape index (κ3) is 16.6. The van der Waals surface area contributed by atoms with Crippen molar-refractivity contribution < 1.29 is 47.7 Å².